The highest BCUT2D eigenvalue weighted by Gasteiger charge is 2.12. The fraction of sp³-hybridized carbons (Fsp3) is 0.615. The average Bonchev–Trinajstić information content (AvgIpc) is 2.84. The Balaban J connectivity index is 1.81. The summed E-state index contributed by atoms with van der Waals surface area (Å²) in [7, 11) is 0. The molecule has 6 nitrogen and oxygen atoms in total. The molecular formula is C26H42N4O2+2. The van der Waals surface area contributed by atoms with Gasteiger partial charge in [0.15, 0.2) is 13.2 Å². The van der Waals surface area contributed by atoms with E-state index >= 15 is 0 Å². The molecule has 2 unspecified atom stereocenters. The number of hydrogen-bond acceptors (Lipinski definition) is 4. The van der Waals surface area contributed by atoms with E-state index < -0.39 is 0 Å². The third kappa shape index (κ3) is 9.75. The van der Waals surface area contributed by atoms with E-state index in [1.807, 2.05) is 49.1 Å². The van der Waals surface area contributed by atoms with Gasteiger partial charge in [0.2, 0.25) is 24.8 Å². The quantitative estimate of drug-likeness (QED) is 0.238. The molecule has 0 aliphatic carbocycles. The summed E-state index contributed by atoms with van der Waals surface area (Å²) in [5.74, 6) is 1.21. The summed E-state index contributed by atoms with van der Waals surface area (Å²) in [5.41, 5.74) is 1.58. The lowest BCUT2D eigenvalue weighted by Gasteiger charge is -2.11. The summed E-state index contributed by atoms with van der Waals surface area (Å²) in [5, 5.41) is 8.65. The number of aromatic nitrogens is 2. The highest BCUT2D eigenvalue weighted by Crippen LogP contribution is 2.16. The van der Waals surface area contributed by atoms with Crippen LogP contribution in [0.2, 0.25) is 0 Å². The van der Waals surface area contributed by atoms with Crippen molar-refractivity contribution in [1.82, 2.24) is 0 Å². The molecule has 32 heavy (non-hydrogen) atoms. The van der Waals surface area contributed by atoms with Gasteiger partial charge >= 0.3 is 0 Å². The van der Waals surface area contributed by atoms with Crippen molar-refractivity contribution in [2.75, 3.05) is 13.2 Å². The summed E-state index contributed by atoms with van der Waals surface area (Å²) in [4.78, 5) is 11.8. The normalized spacial score (nSPS) is 13.2. The molecule has 0 aromatic carbocycles. The maximum atomic E-state index is 5.88. The molecule has 0 N–H and O–H groups in total. The Bertz CT molecular complexity index is 697. The fourth-order valence-electron chi connectivity index (χ4n) is 3.41. The van der Waals surface area contributed by atoms with Gasteiger partial charge in [0.25, 0.3) is 0 Å². The molecule has 2 atom stereocenters. The number of azo groups is 1. The van der Waals surface area contributed by atoms with Crippen molar-refractivity contribution in [3.63, 3.8) is 0 Å². The van der Waals surface area contributed by atoms with E-state index in [4.69, 9.17) is 9.68 Å². The first kappa shape index (κ1) is 25.8. The Kier molecular flexibility index (Phi) is 12.3. The van der Waals surface area contributed by atoms with Crippen LogP contribution in [-0.4, -0.2) is 13.2 Å². The molecule has 0 spiro atoms. The molecule has 2 heterocycles. The lowest BCUT2D eigenvalue weighted by molar-refractivity contribution is -0.892. The lowest BCUT2D eigenvalue weighted by atomic mass is 10.0. The van der Waals surface area contributed by atoms with Crippen LogP contribution in [0.15, 0.2) is 59.3 Å². The summed E-state index contributed by atoms with van der Waals surface area (Å²) < 4.78 is 3.50. The number of unbranched alkanes of at least 4 members (excludes halogenated alkanes) is 2. The molecule has 2 aromatic heterocycles. The van der Waals surface area contributed by atoms with Crippen molar-refractivity contribution in [2.24, 2.45) is 22.1 Å². The molecule has 0 saturated carbocycles. The molecule has 0 saturated heterocycles. The lowest BCUT2D eigenvalue weighted by Crippen LogP contribution is -2.43. The second-order valence-electron chi connectivity index (χ2n) is 8.46. The predicted molar refractivity (Wildman–Crippen MR) is 127 cm³/mol. The maximum absolute atomic E-state index is 5.88. The summed E-state index contributed by atoms with van der Waals surface area (Å²) >= 11 is 0. The van der Waals surface area contributed by atoms with Gasteiger partial charge in [0.05, 0.1) is 11.4 Å². The van der Waals surface area contributed by atoms with E-state index in [9.17, 15) is 0 Å². The van der Waals surface area contributed by atoms with Crippen molar-refractivity contribution in [3.8, 4) is 0 Å². The average molecular weight is 443 g/mol. The van der Waals surface area contributed by atoms with Crippen LogP contribution in [0.3, 0.4) is 0 Å². The van der Waals surface area contributed by atoms with Gasteiger partial charge in [-0.25, -0.2) is 0 Å². The Morgan fingerprint density at radius 2 is 1.03 bits per heavy atom. The van der Waals surface area contributed by atoms with Crippen LogP contribution in [0.5, 0.6) is 0 Å². The van der Waals surface area contributed by atoms with Gasteiger partial charge in [-0.3, -0.25) is 9.68 Å². The van der Waals surface area contributed by atoms with Crippen LogP contribution in [-0.2, 0) is 0 Å². The molecule has 2 aromatic rings. The molecule has 6 heteroatoms. The Hall–Kier alpha value is -2.50. The van der Waals surface area contributed by atoms with E-state index in [1.54, 1.807) is 9.46 Å². The summed E-state index contributed by atoms with van der Waals surface area (Å²) in [6.07, 6.45) is 17.3. The minimum absolute atomic E-state index is 0.607. The van der Waals surface area contributed by atoms with Gasteiger partial charge in [0.1, 0.15) is 0 Å². The van der Waals surface area contributed by atoms with E-state index in [1.165, 1.54) is 38.5 Å². The molecular weight excluding hydrogens is 400 g/mol. The van der Waals surface area contributed by atoms with E-state index in [-0.39, 0.29) is 0 Å². The summed E-state index contributed by atoms with van der Waals surface area (Å²) in [6.45, 7) is 10.4. The molecule has 0 bridgehead atoms. The SMILES string of the molecule is CCCCC(CC)CO[n+]1ccc(N=Nc2cc[n+](OCC(CC)CCCC)cc2)cc1. The fourth-order valence-corrected chi connectivity index (χ4v) is 3.41. The van der Waals surface area contributed by atoms with Crippen molar-refractivity contribution >= 4 is 11.4 Å². The first-order valence-corrected chi connectivity index (χ1v) is 12.4. The molecule has 0 radical (unpaired) electrons. The number of nitrogens with zero attached hydrogens (tertiary/aromatic N) is 4. The van der Waals surface area contributed by atoms with Gasteiger partial charge < -0.3 is 0 Å². The Morgan fingerprint density at radius 1 is 0.656 bits per heavy atom. The van der Waals surface area contributed by atoms with E-state index in [2.05, 4.69) is 37.9 Å². The van der Waals surface area contributed by atoms with Crippen molar-refractivity contribution < 1.29 is 19.1 Å². The van der Waals surface area contributed by atoms with E-state index in [0.29, 0.717) is 11.8 Å². The zero-order valence-electron chi connectivity index (χ0n) is 20.4. The zero-order chi connectivity index (χ0) is 23.0. The molecule has 0 aliphatic rings. The van der Waals surface area contributed by atoms with Crippen LogP contribution in [0.25, 0.3) is 0 Å². The monoisotopic (exact) mass is 442 g/mol. The van der Waals surface area contributed by atoms with Crippen molar-refractivity contribution in [1.29, 1.82) is 0 Å². The third-order valence-electron chi connectivity index (χ3n) is 5.85. The first-order chi connectivity index (χ1) is 15.7. The standard InChI is InChI=1S/C26H42N4O2/c1-5-9-11-23(7-3)21-31-29-17-13-25(14-18-29)27-28-26-15-19-30(20-16-26)32-22-24(8-4)12-10-6-2/h13-20,23-24H,5-12,21-22H2,1-4H3/q+2. The van der Waals surface area contributed by atoms with Gasteiger partial charge in [-0.15, -0.1) is 0 Å². The minimum Gasteiger partial charge on any atom is -0.271 e. The second kappa shape index (κ2) is 15.3. The number of hydrogen-bond donors (Lipinski definition) is 0. The number of rotatable bonds is 16. The van der Waals surface area contributed by atoms with Crippen molar-refractivity contribution in [3.05, 3.63) is 49.1 Å². The molecule has 2 rings (SSSR count). The van der Waals surface area contributed by atoms with Crippen LogP contribution < -0.4 is 19.1 Å². The van der Waals surface area contributed by atoms with E-state index in [0.717, 1.165) is 37.4 Å². The smallest absolute Gasteiger partial charge is 0.224 e. The molecule has 0 aliphatic heterocycles. The van der Waals surface area contributed by atoms with Crippen LogP contribution >= 0.6 is 0 Å². The maximum Gasteiger partial charge on any atom is 0.224 e. The molecule has 0 amide bonds. The Morgan fingerprint density at radius 3 is 1.34 bits per heavy atom. The third-order valence-corrected chi connectivity index (χ3v) is 5.85. The van der Waals surface area contributed by atoms with Crippen LogP contribution in [0, 0.1) is 11.8 Å². The molecule has 176 valence electrons. The number of pyridine rings is 2. The van der Waals surface area contributed by atoms with Gasteiger partial charge in [-0.2, -0.15) is 10.2 Å². The highest BCUT2D eigenvalue weighted by atomic mass is 16.7. The predicted octanol–water partition coefficient (Wildman–Crippen LogP) is 5.97. The summed E-state index contributed by atoms with van der Waals surface area (Å²) in [6, 6.07) is 7.63. The van der Waals surface area contributed by atoms with Gasteiger partial charge in [0, 0.05) is 33.7 Å². The highest BCUT2D eigenvalue weighted by molar-refractivity contribution is 5.35. The van der Waals surface area contributed by atoms with Crippen LogP contribution in [0.1, 0.15) is 79.1 Å². The molecule has 0 fully saturated rings. The Labute approximate surface area is 194 Å². The van der Waals surface area contributed by atoms with Crippen molar-refractivity contribution in [2.45, 2.75) is 79.1 Å². The second-order valence-corrected chi connectivity index (χ2v) is 8.46. The van der Waals surface area contributed by atoms with Gasteiger partial charge in [-0.1, -0.05) is 53.4 Å². The largest absolute Gasteiger partial charge is 0.271 e. The van der Waals surface area contributed by atoms with Crippen LogP contribution in [0.4, 0.5) is 11.4 Å². The first-order valence-electron chi connectivity index (χ1n) is 12.4. The minimum atomic E-state index is 0.607. The van der Waals surface area contributed by atoms with Gasteiger partial charge in [-0.05, 0) is 37.5 Å². The zero-order valence-corrected chi connectivity index (χ0v) is 20.4. The topological polar surface area (TPSA) is 50.9 Å².